The van der Waals surface area contributed by atoms with Gasteiger partial charge in [-0.25, -0.2) is 0 Å². The number of fused-ring (bicyclic) bond motifs is 6. The molecule has 122 valence electrons. The van der Waals surface area contributed by atoms with Gasteiger partial charge in [0.2, 0.25) is 0 Å². The molecule has 4 aromatic carbocycles. The lowest BCUT2D eigenvalue weighted by molar-refractivity contribution is 0.628. The highest BCUT2D eigenvalue weighted by atomic mass is 14.5. The summed E-state index contributed by atoms with van der Waals surface area (Å²) in [5.41, 5.74) is 1.49. The fraction of sp³-hybridized carbons (Fsp3) is 0.250. The summed E-state index contributed by atoms with van der Waals surface area (Å²) in [6, 6.07) is 24.8. The van der Waals surface area contributed by atoms with E-state index in [0.29, 0.717) is 17.3 Å². The van der Waals surface area contributed by atoms with Gasteiger partial charge in [-0.05, 0) is 32.3 Å². The molecule has 0 radical (unpaired) electrons. The van der Waals surface area contributed by atoms with Gasteiger partial charge in [-0.3, -0.25) is 0 Å². The van der Waals surface area contributed by atoms with Gasteiger partial charge in [0.15, 0.2) is 6.71 Å². The minimum atomic E-state index is 0.368. The molecule has 0 nitrogen and oxygen atoms in total. The zero-order chi connectivity index (χ0) is 17.4. The van der Waals surface area contributed by atoms with Crippen molar-refractivity contribution >= 4 is 44.5 Å². The van der Waals surface area contributed by atoms with Crippen LogP contribution < -0.4 is 5.46 Å². The van der Waals surface area contributed by atoms with Crippen LogP contribution in [0.3, 0.4) is 0 Å². The first-order valence-electron chi connectivity index (χ1n) is 9.26. The second kappa shape index (κ2) is 4.66. The highest BCUT2D eigenvalue weighted by Crippen LogP contribution is 2.73. The second-order valence-corrected chi connectivity index (χ2v) is 8.77. The van der Waals surface area contributed by atoms with Gasteiger partial charge in [-0.1, -0.05) is 111 Å². The molecule has 1 heteroatoms. The van der Waals surface area contributed by atoms with Crippen LogP contribution in [0.2, 0.25) is 10.6 Å². The van der Waals surface area contributed by atoms with Crippen LogP contribution in [0.25, 0.3) is 32.3 Å². The van der Waals surface area contributed by atoms with E-state index in [-0.39, 0.29) is 0 Å². The largest absolute Gasteiger partial charge is 0.187 e. The van der Waals surface area contributed by atoms with Crippen molar-refractivity contribution in [3.05, 3.63) is 66.7 Å². The Labute approximate surface area is 149 Å². The maximum absolute atomic E-state index is 2.46. The van der Waals surface area contributed by atoms with E-state index in [2.05, 4.69) is 94.4 Å². The maximum atomic E-state index is 2.46. The minimum absolute atomic E-state index is 0.368. The molecular formula is C24H23B. The van der Waals surface area contributed by atoms with Gasteiger partial charge in [-0.15, -0.1) is 0 Å². The molecule has 5 rings (SSSR count). The molecule has 1 fully saturated rings. The maximum Gasteiger partial charge on any atom is 0.187 e. The van der Waals surface area contributed by atoms with E-state index in [1.54, 1.807) is 0 Å². The van der Waals surface area contributed by atoms with Crippen molar-refractivity contribution < 1.29 is 0 Å². The van der Waals surface area contributed by atoms with Gasteiger partial charge >= 0.3 is 0 Å². The Bertz CT molecular complexity index is 1100. The molecule has 1 aliphatic heterocycles. The highest BCUT2D eigenvalue weighted by molar-refractivity contribution is 6.90. The molecule has 0 atom stereocenters. The van der Waals surface area contributed by atoms with E-state index >= 15 is 0 Å². The van der Waals surface area contributed by atoms with Gasteiger partial charge < -0.3 is 0 Å². The van der Waals surface area contributed by atoms with Crippen LogP contribution in [-0.4, -0.2) is 6.71 Å². The monoisotopic (exact) mass is 322 g/mol. The predicted octanol–water partition coefficient (Wildman–Crippen LogP) is 6.42. The Balaban J connectivity index is 1.89. The van der Waals surface area contributed by atoms with Crippen LogP contribution in [0.15, 0.2) is 66.7 Å². The molecule has 0 bridgehead atoms. The number of benzene rings is 4. The third-order valence-corrected chi connectivity index (χ3v) is 7.12. The SMILES string of the molecule is CC1(C)B(c2ccc3c4ccccc4c4ccccc4c3c2)C1(C)C. The molecular weight excluding hydrogens is 299 g/mol. The van der Waals surface area contributed by atoms with Crippen molar-refractivity contribution in [2.24, 2.45) is 0 Å². The summed E-state index contributed by atoms with van der Waals surface area (Å²) >= 11 is 0. The molecule has 1 heterocycles. The van der Waals surface area contributed by atoms with Crippen molar-refractivity contribution in [3.63, 3.8) is 0 Å². The summed E-state index contributed by atoms with van der Waals surface area (Å²) in [5.74, 6) is 0. The van der Waals surface area contributed by atoms with E-state index < -0.39 is 0 Å². The molecule has 25 heavy (non-hydrogen) atoms. The zero-order valence-electron chi connectivity index (χ0n) is 15.4. The summed E-state index contributed by atoms with van der Waals surface area (Å²) < 4.78 is 0. The smallest absolute Gasteiger partial charge is 0.0783 e. The van der Waals surface area contributed by atoms with Crippen LogP contribution >= 0.6 is 0 Å². The quantitative estimate of drug-likeness (QED) is 0.280. The molecule has 0 unspecified atom stereocenters. The van der Waals surface area contributed by atoms with Gasteiger partial charge in [0.05, 0.1) is 0 Å². The minimum Gasteiger partial charge on any atom is -0.0783 e. The first-order valence-corrected chi connectivity index (χ1v) is 9.26. The van der Waals surface area contributed by atoms with Gasteiger partial charge in [0, 0.05) is 0 Å². The molecule has 1 aliphatic rings. The third-order valence-electron chi connectivity index (χ3n) is 7.12. The molecule has 0 N–H and O–H groups in total. The summed E-state index contributed by atoms with van der Waals surface area (Å²) in [4.78, 5) is 0. The fourth-order valence-electron chi connectivity index (χ4n) is 5.13. The molecule has 1 saturated heterocycles. The Morgan fingerprint density at radius 2 is 0.920 bits per heavy atom. The lowest BCUT2D eigenvalue weighted by Crippen LogP contribution is -2.20. The number of rotatable bonds is 1. The average Bonchev–Trinajstić information content (AvgIpc) is 3.03. The summed E-state index contributed by atoms with van der Waals surface area (Å²) in [6.45, 7) is 10.2. The lowest BCUT2D eigenvalue weighted by Gasteiger charge is -2.12. The van der Waals surface area contributed by atoms with Crippen LogP contribution in [0.1, 0.15) is 27.7 Å². The molecule has 0 amide bonds. The first kappa shape index (κ1) is 15.0. The Morgan fingerprint density at radius 3 is 1.36 bits per heavy atom. The Hall–Kier alpha value is -2.28. The van der Waals surface area contributed by atoms with E-state index in [1.807, 2.05) is 0 Å². The highest BCUT2D eigenvalue weighted by Gasteiger charge is 2.67. The fourth-order valence-corrected chi connectivity index (χ4v) is 5.13. The van der Waals surface area contributed by atoms with E-state index in [9.17, 15) is 0 Å². The Morgan fingerprint density at radius 1 is 0.520 bits per heavy atom. The average molecular weight is 322 g/mol. The molecule has 0 saturated carbocycles. The summed E-state index contributed by atoms with van der Waals surface area (Å²) in [6.07, 6.45) is 0. The van der Waals surface area contributed by atoms with E-state index in [1.165, 1.54) is 37.8 Å². The number of hydrogen-bond donors (Lipinski definition) is 0. The molecule has 0 aliphatic carbocycles. The van der Waals surface area contributed by atoms with Crippen molar-refractivity contribution in [3.8, 4) is 0 Å². The normalized spacial score (nSPS) is 18.2. The summed E-state index contributed by atoms with van der Waals surface area (Å²) in [5, 5.41) is 8.94. The predicted molar refractivity (Wildman–Crippen MR) is 112 cm³/mol. The first-order chi connectivity index (χ1) is 11.9. The second-order valence-electron chi connectivity index (χ2n) is 8.77. The molecule has 0 aromatic heterocycles. The van der Waals surface area contributed by atoms with Crippen LogP contribution in [-0.2, 0) is 0 Å². The molecule has 4 aromatic rings. The van der Waals surface area contributed by atoms with Crippen molar-refractivity contribution in [2.75, 3.05) is 0 Å². The van der Waals surface area contributed by atoms with Gasteiger partial charge in [0.25, 0.3) is 0 Å². The zero-order valence-corrected chi connectivity index (χ0v) is 15.4. The van der Waals surface area contributed by atoms with Crippen molar-refractivity contribution in [1.82, 2.24) is 0 Å². The standard InChI is InChI=1S/C24H23B/c1-23(2)24(3,4)25(23)16-13-14-21-19-11-6-5-9-17(19)18-10-7-8-12-20(18)22(21)15-16/h5-15H,1-4H3. The Kier molecular flexibility index (Phi) is 2.80. The van der Waals surface area contributed by atoms with Crippen LogP contribution in [0, 0.1) is 0 Å². The topological polar surface area (TPSA) is 0 Å². The van der Waals surface area contributed by atoms with Crippen molar-refractivity contribution in [2.45, 2.75) is 38.3 Å². The van der Waals surface area contributed by atoms with Crippen LogP contribution in [0.5, 0.6) is 0 Å². The van der Waals surface area contributed by atoms with Crippen molar-refractivity contribution in [1.29, 1.82) is 0 Å². The molecule has 0 spiro atoms. The summed E-state index contributed by atoms with van der Waals surface area (Å²) in [7, 11) is 0. The lowest BCUT2D eigenvalue weighted by atomic mass is 9.53. The number of hydrogen-bond acceptors (Lipinski definition) is 0. The third kappa shape index (κ3) is 1.84. The van der Waals surface area contributed by atoms with Crippen LogP contribution in [0.4, 0.5) is 0 Å². The van der Waals surface area contributed by atoms with E-state index in [0.717, 1.165) is 0 Å². The van der Waals surface area contributed by atoms with Gasteiger partial charge in [-0.2, -0.15) is 0 Å². The van der Waals surface area contributed by atoms with Gasteiger partial charge in [0.1, 0.15) is 0 Å². The van der Waals surface area contributed by atoms with E-state index in [4.69, 9.17) is 0 Å².